The molecular weight excluding hydrogens is 315 g/mol. The maximum Gasteiger partial charge on any atom is 0.237 e. The minimum absolute atomic E-state index is 0.0229. The molecule has 1 unspecified atom stereocenters. The molecule has 112 valence electrons. The number of nitrogens with zero attached hydrogens (tertiary/aromatic N) is 1. The molecule has 2 aromatic rings. The molecule has 4 nitrogen and oxygen atoms in total. The van der Waals surface area contributed by atoms with Crippen LogP contribution in [0.3, 0.4) is 0 Å². The molecule has 1 aromatic carbocycles. The van der Waals surface area contributed by atoms with Crippen molar-refractivity contribution in [2.45, 2.75) is 24.9 Å². The number of rotatable bonds is 5. The van der Waals surface area contributed by atoms with E-state index in [4.69, 9.17) is 16.1 Å². The Morgan fingerprint density at radius 3 is 2.90 bits per heavy atom. The van der Waals surface area contributed by atoms with E-state index in [1.54, 1.807) is 6.92 Å². The van der Waals surface area contributed by atoms with Gasteiger partial charge in [-0.2, -0.15) is 0 Å². The lowest BCUT2D eigenvalue weighted by molar-refractivity contribution is -0.115. The fourth-order valence-electron chi connectivity index (χ4n) is 1.58. The van der Waals surface area contributed by atoms with Crippen LogP contribution in [0.1, 0.15) is 18.4 Å². The van der Waals surface area contributed by atoms with Gasteiger partial charge in [0.05, 0.1) is 21.7 Å². The predicted octanol–water partition coefficient (Wildman–Crippen LogP) is 4.04. The molecule has 0 fully saturated rings. The number of hydrogen-bond donors (Lipinski definition) is 1. The molecule has 0 aliphatic rings. The molecular formula is C14H14ClFN2O2S. The summed E-state index contributed by atoms with van der Waals surface area (Å²) >= 11 is 7.09. The molecule has 0 aliphatic heterocycles. The number of carbonyl (C=O) groups is 1. The van der Waals surface area contributed by atoms with Gasteiger partial charge < -0.3 is 9.84 Å². The molecule has 21 heavy (non-hydrogen) atoms. The molecule has 0 aliphatic carbocycles. The van der Waals surface area contributed by atoms with Crippen LogP contribution in [0.4, 0.5) is 10.1 Å². The quantitative estimate of drug-likeness (QED) is 0.900. The highest BCUT2D eigenvalue weighted by molar-refractivity contribution is 7.99. The van der Waals surface area contributed by atoms with Crippen LogP contribution in [-0.2, 0) is 10.5 Å². The van der Waals surface area contributed by atoms with Gasteiger partial charge in [-0.15, -0.1) is 11.8 Å². The zero-order chi connectivity index (χ0) is 15.4. The Morgan fingerprint density at radius 2 is 2.29 bits per heavy atom. The van der Waals surface area contributed by atoms with Gasteiger partial charge in [-0.1, -0.05) is 16.8 Å². The number of benzene rings is 1. The van der Waals surface area contributed by atoms with Crippen molar-refractivity contribution in [1.82, 2.24) is 5.16 Å². The van der Waals surface area contributed by atoms with E-state index in [2.05, 4.69) is 10.5 Å². The smallest absolute Gasteiger partial charge is 0.237 e. The Morgan fingerprint density at radius 1 is 1.52 bits per heavy atom. The molecule has 1 aromatic heterocycles. The molecule has 2 rings (SSSR count). The van der Waals surface area contributed by atoms with E-state index < -0.39 is 5.82 Å². The monoisotopic (exact) mass is 328 g/mol. The number of thioether (sulfide) groups is 1. The van der Waals surface area contributed by atoms with Crippen LogP contribution in [0, 0.1) is 12.7 Å². The van der Waals surface area contributed by atoms with E-state index in [1.165, 1.54) is 30.0 Å². The fourth-order valence-corrected chi connectivity index (χ4v) is 2.53. The van der Waals surface area contributed by atoms with Crippen molar-refractivity contribution in [1.29, 1.82) is 0 Å². The summed E-state index contributed by atoms with van der Waals surface area (Å²) in [6.45, 7) is 3.63. The van der Waals surface area contributed by atoms with E-state index in [0.717, 1.165) is 11.5 Å². The lowest BCUT2D eigenvalue weighted by atomic mass is 10.3. The first kappa shape index (κ1) is 15.9. The largest absolute Gasteiger partial charge is 0.360 e. The van der Waals surface area contributed by atoms with Gasteiger partial charge in [0.15, 0.2) is 0 Å². The lowest BCUT2D eigenvalue weighted by Gasteiger charge is -2.11. The summed E-state index contributed by atoms with van der Waals surface area (Å²) in [5.41, 5.74) is 1.28. The number of carbonyl (C=O) groups excluding carboxylic acids is 1. The Hall–Kier alpha value is -1.53. The predicted molar refractivity (Wildman–Crippen MR) is 82.0 cm³/mol. The molecule has 7 heteroatoms. The number of aromatic nitrogens is 1. The van der Waals surface area contributed by atoms with Crippen molar-refractivity contribution in [3.63, 3.8) is 0 Å². The first-order valence-corrected chi connectivity index (χ1v) is 7.68. The van der Waals surface area contributed by atoms with Crippen molar-refractivity contribution >= 4 is 35.0 Å². The van der Waals surface area contributed by atoms with E-state index in [9.17, 15) is 9.18 Å². The Bertz CT molecular complexity index is 648. The van der Waals surface area contributed by atoms with Gasteiger partial charge in [0.1, 0.15) is 11.6 Å². The highest BCUT2D eigenvalue weighted by Gasteiger charge is 2.15. The summed E-state index contributed by atoms with van der Waals surface area (Å²) in [6, 6.07) is 5.90. The molecule has 1 atom stereocenters. The Kier molecular flexibility index (Phi) is 5.25. The van der Waals surface area contributed by atoms with Crippen LogP contribution >= 0.6 is 23.4 Å². The van der Waals surface area contributed by atoms with E-state index in [0.29, 0.717) is 11.4 Å². The van der Waals surface area contributed by atoms with Gasteiger partial charge >= 0.3 is 0 Å². The molecule has 1 N–H and O–H groups in total. The second-order valence-electron chi connectivity index (χ2n) is 4.51. The molecule has 0 radical (unpaired) electrons. The van der Waals surface area contributed by atoms with Crippen LogP contribution in [0.2, 0.25) is 5.02 Å². The number of hydrogen-bond acceptors (Lipinski definition) is 4. The minimum Gasteiger partial charge on any atom is -0.360 e. The van der Waals surface area contributed by atoms with E-state index >= 15 is 0 Å². The first-order chi connectivity index (χ1) is 9.95. The topological polar surface area (TPSA) is 55.1 Å². The van der Waals surface area contributed by atoms with Crippen molar-refractivity contribution in [3.8, 4) is 0 Å². The minimum atomic E-state index is -0.516. The van der Waals surface area contributed by atoms with E-state index in [-0.39, 0.29) is 16.2 Å². The van der Waals surface area contributed by atoms with Gasteiger partial charge in [0.25, 0.3) is 0 Å². The van der Waals surface area contributed by atoms with Gasteiger partial charge in [0.2, 0.25) is 5.91 Å². The molecule has 1 heterocycles. The van der Waals surface area contributed by atoms with Gasteiger partial charge in [0, 0.05) is 11.8 Å². The number of nitrogens with one attached hydrogen (secondary N) is 1. The summed E-state index contributed by atoms with van der Waals surface area (Å²) < 4.78 is 18.1. The summed E-state index contributed by atoms with van der Waals surface area (Å²) in [5, 5.41) is 6.16. The van der Waals surface area contributed by atoms with Gasteiger partial charge in [-0.25, -0.2) is 4.39 Å². The first-order valence-electron chi connectivity index (χ1n) is 6.25. The van der Waals surface area contributed by atoms with E-state index in [1.807, 2.05) is 13.0 Å². The van der Waals surface area contributed by atoms with Crippen LogP contribution in [0.15, 0.2) is 28.8 Å². The van der Waals surface area contributed by atoms with Crippen LogP contribution < -0.4 is 5.32 Å². The average molecular weight is 329 g/mol. The summed E-state index contributed by atoms with van der Waals surface area (Å²) in [4.78, 5) is 12.0. The third kappa shape index (κ3) is 4.47. The standard InChI is InChI=1S/C14H14ClFN2O2S/c1-8-5-11(20-18-8)7-21-9(2)14(19)17-10-3-4-13(16)12(15)6-10/h3-6,9H,7H2,1-2H3,(H,17,19). The molecule has 1 amide bonds. The number of amides is 1. The third-order valence-corrected chi connectivity index (χ3v) is 4.16. The Balaban J connectivity index is 1.88. The van der Waals surface area contributed by atoms with Gasteiger partial charge in [-0.05, 0) is 32.0 Å². The van der Waals surface area contributed by atoms with Gasteiger partial charge in [-0.3, -0.25) is 4.79 Å². The van der Waals surface area contributed by atoms with Crippen molar-refractivity contribution < 1.29 is 13.7 Å². The van der Waals surface area contributed by atoms with Crippen molar-refractivity contribution in [2.75, 3.05) is 5.32 Å². The number of anilines is 1. The normalized spacial score (nSPS) is 12.2. The number of halogens is 2. The van der Waals surface area contributed by atoms with Crippen LogP contribution in [-0.4, -0.2) is 16.3 Å². The molecule has 0 bridgehead atoms. The average Bonchev–Trinajstić information content (AvgIpc) is 2.86. The maximum absolute atomic E-state index is 13.0. The second-order valence-corrected chi connectivity index (χ2v) is 6.24. The second kappa shape index (κ2) is 6.95. The van der Waals surface area contributed by atoms with Crippen molar-refractivity contribution in [2.24, 2.45) is 0 Å². The zero-order valence-corrected chi connectivity index (χ0v) is 13.1. The van der Waals surface area contributed by atoms with Crippen LogP contribution in [0.5, 0.6) is 0 Å². The maximum atomic E-state index is 13.0. The SMILES string of the molecule is Cc1cc(CSC(C)C(=O)Nc2ccc(F)c(Cl)c2)on1. The molecule has 0 spiro atoms. The highest BCUT2D eigenvalue weighted by Crippen LogP contribution is 2.22. The highest BCUT2D eigenvalue weighted by atomic mass is 35.5. The molecule has 0 saturated heterocycles. The van der Waals surface area contributed by atoms with Crippen molar-refractivity contribution in [3.05, 3.63) is 46.6 Å². The Labute approximate surface area is 131 Å². The molecule has 0 saturated carbocycles. The fraction of sp³-hybridized carbons (Fsp3) is 0.286. The summed E-state index contributed by atoms with van der Waals surface area (Å²) in [7, 11) is 0. The number of aryl methyl sites for hydroxylation is 1. The zero-order valence-electron chi connectivity index (χ0n) is 11.5. The van der Waals surface area contributed by atoms with Crippen LogP contribution in [0.25, 0.3) is 0 Å². The third-order valence-electron chi connectivity index (χ3n) is 2.71. The lowest BCUT2D eigenvalue weighted by Crippen LogP contribution is -2.22. The summed E-state index contributed by atoms with van der Waals surface area (Å²) in [5.74, 6) is 0.582. The summed E-state index contributed by atoms with van der Waals surface area (Å²) in [6.07, 6.45) is 0.